The summed E-state index contributed by atoms with van der Waals surface area (Å²) in [4.78, 5) is 0. The summed E-state index contributed by atoms with van der Waals surface area (Å²) in [5.41, 5.74) is 6.40. The first-order valence-corrected chi connectivity index (χ1v) is 4.73. The number of hydrogen-bond donors (Lipinski definition) is 2. The normalized spacial score (nSPS) is 10.1. The van der Waals surface area contributed by atoms with E-state index in [1.54, 1.807) is 12.1 Å². The second-order valence-corrected chi connectivity index (χ2v) is 3.51. The number of rotatable bonds is 3. The minimum Gasteiger partial charge on any atom is -0.504 e. The lowest BCUT2D eigenvalue weighted by molar-refractivity contribution is 0.372. The SMILES string of the molecule is COc1cc(Br)c(CCN)cc1O. The molecule has 1 aromatic carbocycles. The third kappa shape index (κ3) is 2.35. The fourth-order valence-electron chi connectivity index (χ4n) is 1.10. The first kappa shape index (κ1) is 10.3. The second kappa shape index (κ2) is 4.48. The van der Waals surface area contributed by atoms with Gasteiger partial charge in [0.05, 0.1) is 7.11 Å². The average molecular weight is 246 g/mol. The Morgan fingerprint density at radius 1 is 1.54 bits per heavy atom. The lowest BCUT2D eigenvalue weighted by Crippen LogP contribution is -2.03. The van der Waals surface area contributed by atoms with Crippen molar-refractivity contribution in [2.75, 3.05) is 13.7 Å². The van der Waals surface area contributed by atoms with Crippen molar-refractivity contribution in [3.05, 3.63) is 22.2 Å². The number of phenolic OH excluding ortho intramolecular Hbond substituents is 1. The van der Waals surface area contributed by atoms with Gasteiger partial charge in [0.25, 0.3) is 0 Å². The van der Waals surface area contributed by atoms with Gasteiger partial charge in [0, 0.05) is 4.47 Å². The summed E-state index contributed by atoms with van der Waals surface area (Å²) in [7, 11) is 1.52. The van der Waals surface area contributed by atoms with Crippen LogP contribution < -0.4 is 10.5 Å². The molecule has 0 saturated carbocycles. The van der Waals surface area contributed by atoms with Crippen molar-refractivity contribution in [2.45, 2.75) is 6.42 Å². The van der Waals surface area contributed by atoms with Crippen LogP contribution in [0.2, 0.25) is 0 Å². The van der Waals surface area contributed by atoms with Crippen LogP contribution in [-0.2, 0) is 6.42 Å². The molecule has 0 spiro atoms. The highest BCUT2D eigenvalue weighted by Gasteiger charge is 2.06. The maximum absolute atomic E-state index is 9.46. The van der Waals surface area contributed by atoms with E-state index in [0.717, 1.165) is 16.5 Å². The average Bonchev–Trinajstić information content (AvgIpc) is 2.11. The molecule has 0 aliphatic carbocycles. The van der Waals surface area contributed by atoms with Crippen LogP contribution in [-0.4, -0.2) is 18.8 Å². The summed E-state index contributed by atoms with van der Waals surface area (Å²) in [6.45, 7) is 0.560. The van der Waals surface area contributed by atoms with Crippen LogP contribution in [0.3, 0.4) is 0 Å². The zero-order chi connectivity index (χ0) is 9.84. The predicted octanol–water partition coefficient (Wildman–Crippen LogP) is 1.66. The van der Waals surface area contributed by atoms with E-state index >= 15 is 0 Å². The monoisotopic (exact) mass is 245 g/mol. The number of aromatic hydroxyl groups is 1. The predicted molar refractivity (Wildman–Crippen MR) is 55.1 cm³/mol. The molecule has 0 bridgehead atoms. The van der Waals surface area contributed by atoms with Crippen LogP contribution in [0, 0.1) is 0 Å². The molecule has 0 saturated heterocycles. The van der Waals surface area contributed by atoms with Gasteiger partial charge in [-0.1, -0.05) is 15.9 Å². The van der Waals surface area contributed by atoms with Crippen LogP contribution in [0.15, 0.2) is 16.6 Å². The molecule has 1 aromatic rings. The highest BCUT2D eigenvalue weighted by atomic mass is 79.9. The number of ether oxygens (including phenoxy) is 1. The minimum atomic E-state index is 0.147. The van der Waals surface area contributed by atoms with E-state index in [1.807, 2.05) is 0 Å². The Hall–Kier alpha value is -0.740. The van der Waals surface area contributed by atoms with Gasteiger partial charge in [0.2, 0.25) is 0 Å². The van der Waals surface area contributed by atoms with Gasteiger partial charge >= 0.3 is 0 Å². The third-order valence-electron chi connectivity index (χ3n) is 1.76. The van der Waals surface area contributed by atoms with Crippen molar-refractivity contribution in [3.8, 4) is 11.5 Å². The van der Waals surface area contributed by atoms with Crippen molar-refractivity contribution in [3.63, 3.8) is 0 Å². The van der Waals surface area contributed by atoms with E-state index in [9.17, 15) is 5.11 Å². The molecule has 0 aliphatic rings. The highest BCUT2D eigenvalue weighted by Crippen LogP contribution is 2.32. The Balaban J connectivity index is 3.05. The first-order chi connectivity index (χ1) is 6.19. The zero-order valence-electron chi connectivity index (χ0n) is 7.38. The standard InChI is InChI=1S/C9H12BrNO2/c1-13-9-5-7(10)6(2-3-11)4-8(9)12/h4-5,12H,2-3,11H2,1H3. The van der Waals surface area contributed by atoms with Gasteiger partial charge in [-0.05, 0) is 30.7 Å². The van der Waals surface area contributed by atoms with Crippen LogP contribution in [0.5, 0.6) is 11.5 Å². The van der Waals surface area contributed by atoms with Crippen LogP contribution >= 0.6 is 15.9 Å². The van der Waals surface area contributed by atoms with Gasteiger partial charge < -0.3 is 15.6 Å². The molecule has 0 aliphatic heterocycles. The molecule has 3 nitrogen and oxygen atoms in total. The summed E-state index contributed by atoms with van der Waals surface area (Å²) in [6, 6.07) is 3.40. The summed E-state index contributed by atoms with van der Waals surface area (Å²) < 4.78 is 5.86. The van der Waals surface area contributed by atoms with E-state index < -0.39 is 0 Å². The van der Waals surface area contributed by atoms with Crippen molar-refractivity contribution in [1.82, 2.24) is 0 Å². The molecular formula is C9H12BrNO2. The van der Waals surface area contributed by atoms with E-state index in [2.05, 4.69) is 15.9 Å². The molecule has 0 fully saturated rings. The maximum Gasteiger partial charge on any atom is 0.161 e. The fraction of sp³-hybridized carbons (Fsp3) is 0.333. The molecule has 72 valence electrons. The molecule has 1 rings (SSSR count). The molecule has 0 unspecified atom stereocenters. The lowest BCUT2D eigenvalue weighted by Gasteiger charge is -2.07. The number of benzene rings is 1. The van der Waals surface area contributed by atoms with E-state index in [1.165, 1.54) is 7.11 Å². The van der Waals surface area contributed by atoms with Crippen molar-refractivity contribution < 1.29 is 9.84 Å². The van der Waals surface area contributed by atoms with Crippen molar-refractivity contribution in [2.24, 2.45) is 5.73 Å². The Morgan fingerprint density at radius 3 is 2.77 bits per heavy atom. The van der Waals surface area contributed by atoms with Gasteiger partial charge in [0.1, 0.15) is 0 Å². The number of methoxy groups -OCH3 is 1. The molecular weight excluding hydrogens is 234 g/mol. The fourth-order valence-corrected chi connectivity index (χ4v) is 1.62. The summed E-state index contributed by atoms with van der Waals surface area (Å²) in [6.07, 6.45) is 0.734. The Labute approximate surface area is 85.6 Å². The molecule has 3 N–H and O–H groups in total. The smallest absolute Gasteiger partial charge is 0.161 e. The molecule has 0 heterocycles. The summed E-state index contributed by atoms with van der Waals surface area (Å²) >= 11 is 3.38. The largest absolute Gasteiger partial charge is 0.504 e. The Kier molecular flexibility index (Phi) is 3.57. The lowest BCUT2D eigenvalue weighted by atomic mass is 10.1. The van der Waals surface area contributed by atoms with E-state index in [0.29, 0.717) is 12.3 Å². The molecule has 4 heteroatoms. The number of nitrogens with two attached hydrogens (primary N) is 1. The van der Waals surface area contributed by atoms with Gasteiger partial charge in [-0.15, -0.1) is 0 Å². The second-order valence-electron chi connectivity index (χ2n) is 2.65. The van der Waals surface area contributed by atoms with Crippen molar-refractivity contribution in [1.29, 1.82) is 0 Å². The van der Waals surface area contributed by atoms with E-state index in [-0.39, 0.29) is 5.75 Å². The molecule has 13 heavy (non-hydrogen) atoms. The van der Waals surface area contributed by atoms with E-state index in [4.69, 9.17) is 10.5 Å². The number of halogens is 1. The number of phenols is 1. The van der Waals surface area contributed by atoms with Gasteiger partial charge in [-0.2, -0.15) is 0 Å². The van der Waals surface area contributed by atoms with Gasteiger partial charge in [-0.25, -0.2) is 0 Å². The topological polar surface area (TPSA) is 55.5 Å². The first-order valence-electron chi connectivity index (χ1n) is 3.94. The minimum absolute atomic E-state index is 0.147. The van der Waals surface area contributed by atoms with Crippen LogP contribution in [0.4, 0.5) is 0 Å². The molecule has 0 radical (unpaired) electrons. The van der Waals surface area contributed by atoms with Crippen molar-refractivity contribution >= 4 is 15.9 Å². The van der Waals surface area contributed by atoms with Crippen LogP contribution in [0.25, 0.3) is 0 Å². The third-order valence-corrected chi connectivity index (χ3v) is 2.50. The summed E-state index contributed by atoms with van der Waals surface area (Å²) in [5.74, 6) is 0.613. The molecule has 0 aromatic heterocycles. The Morgan fingerprint density at radius 2 is 2.23 bits per heavy atom. The maximum atomic E-state index is 9.46. The molecule has 0 atom stereocenters. The zero-order valence-corrected chi connectivity index (χ0v) is 8.97. The molecule has 0 amide bonds. The van der Waals surface area contributed by atoms with Crippen LogP contribution in [0.1, 0.15) is 5.56 Å². The highest BCUT2D eigenvalue weighted by molar-refractivity contribution is 9.10. The van der Waals surface area contributed by atoms with Gasteiger partial charge in [-0.3, -0.25) is 0 Å². The quantitative estimate of drug-likeness (QED) is 0.852. The number of hydrogen-bond acceptors (Lipinski definition) is 3. The summed E-state index contributed by atoms with van der Waals surface area (Å²) in [5, 5.41) is 9.46. The Bertz CT molecular complexity index is 302. The van der Waals surface area contributed by atoms with Gasteiger partial charge in [0.15, 0.2) is 11.5 Å².